The molecule has 50 heavy (non-hydrogen) atoms. The molecule has 0 fully saturated rings. The Labute approximate surface area is 292 Å². The summed E-state index contributed by atoms with van der Waals surface area (Å²) in [5, 5.41) is 4.95. The van der Waals surface area contributed by atoms with Crippen LogP contribution in [0.15, 0.2) is 170 Å². The van der Waals surface area contributed by atoms with Gasteiger partial charge in [-0.1, -0.05) is 140 Å². The molecule has 7 aromatic carbocycles. The van der Waals surface area contributed by atoms with Crippen molar-refractivity contribution in [3.63, 3.8) is 0 Å². The van der Waals surface area contributed by atoms with E-state index in [-0.39, 0.29) is 0 Å². The topological polar surface area (TPSA) is 43.6 Å². The van der Waals surface area contributed by atoms with Crippen LogP contribution in [0, 0.1) is 0 Å². The number of hydrogen-bond donors (Lipinski definition) is 0. The molecule has 0 saturated heterocycles. The van der Waals surface area contributed by atoms with Gasteiger partial charge in [-0.2, -0.15) is 0 Å². The van der Waals surface area contributed by atoms with Gasteiger partial charge in [0.05, 0.1) is 11.0 Å². The monoisotopic (exact) mass is 656 g/mol. The number of benzene rings is 7. The van der Waals surface area contributed by atoms with E-state index in [1.807, 2.05) is 24.3 Å². The molecule has 5 heteroatoms. The van der Waals surface area contributed by atoms with Gasteiger partial charge in [-0.05, 0) is 41.5 Å². The lowest BCUT2D eigenvalue weighted by Crippen LogP contribution is -2.00. The third kappa shape index (κ3) is 4.71. The molecule has 0 amide bonds. The zero-order valence-electron chi connectivity index (χ0n) is 26.9. The van der Waals surface area contributed by atoms with Crippen molar-refractivity contribution in [2.24, 2.45) is 0 Å². The Hall–Kier alpha value is -6.43. The zero-order valence-corrected chi connectivity index (χ0v) is 27.7. The molecule has 0 N–H and O–H groups in total. The molecular weight excluding hydrogens is 629 g/mol. The Kier molecular flexibility index (Phi) is 6.64. The summed E-state index contributed by atoms with van der Waals surface area (Å²) in [7, 11) is 0. The highest BCUT2D eigenvalue weighted by Crippen LogP contribution is 2.41. The van der Waals surface area contributed by atoms with E-state index in [4.69, 9.17) is 15.0 Å². The summed E-state index contributed by atoms with van der Waals surface area (Å²) in [6, 6.07) is 59.7. The van der Waals surface area contributed by atoms with Crippen molar-refractivity contribution in [1.29, 1.82) is 0 Å². The molecule has 10 rings (SSSR count). The summed E-state index contributed by atoms with van der Waals surface area (Å²) in [6.45, 7) is 0. The molecule has 0 radical (unpaired) electrons. The van der Waals surface area contributed by atoms with Crippen LogP contribution in [0.3, 0.4) is 0 Å². The maximum Gasteiger partial charge on any atom is 0.165 e. The van der Waals surface area contributed by atoms with Gasteiger partial charge in [-0.3, -0.25) is 0 Å². The number of hydrogen-bond acceptors (Lipinski definition) is 4. The molecule has 0 saturated carbocycles. The maximum atomic E-state index is 5.13. The largest absolute Gasteiger partial charge is 0.309 e. The minimum absolute atomic E-state index is 0.653. The van der Waals surface area contributed by atoms with E-state index in [2.05, 4.69) is 150 Å². The lowest BCUT2D eigenvalue weighted by molar-refractivity contribution is 1.08. The molecule has 0 bridgehead atoms. The molecule has 0 atom stereocenters. The molecule has 10 aromatic rings. The third-order valence-electron chi connectivity index (χ3n) is 9.48. The van der Waals surface area contributed by atoms with Crippen LogP contribution in [-0.2, 0) is 0 Å². The highest BCUT2D eigenvalue weighted by atomic mass is 32.1. The Morgan fingerprint density at radius 2 is 0.900 bits per heavy atom. The fraction of sp³-hybridized carbons (Fsp3) is 0. The van der Waals surface area contributed by atoms with Gasteiger partial charge >= 0.3 is 0 Å². The lowest BCUT2D eigenvalue weighted by Gasteiger charge is -2.10. The van der Waals surface area contributed by atoms with Gasteiger partial charge in [0.2, 0.25) is 0 Å². The number of fused-ring (bicyclic) bond motifs is 6. The normalized spacial score (nSPS) is 11.6. The summed E-state index contributed by atoms with van der Waals surface area (Å²) >= 11 is 1.79. The second kappa shape index (κ2) is 11.6. The van der Waals surface area contributed by atoms with Crippen LogP contribution >= 0.6 is 11.3 Å². The number of rotatable bonds is 5. The fourth-order valence-electron chi connectivity index (χ4n) is 7.09. The zero-order chi connectivity index (χ0) is 33.0. The molecule has 3 aromatic heterocycles. The third-order valence-corrected chi connectivity index (χ3v) is 10.7. The first-order chi connectivity index (χ1) is 24.8. The maximum absolute atomic E-state index is 5.13. The number of para-hydroxylation sites is 2. The predicted molar refractivity (Wildman–Crippen MR) is 209 cm³/mol. The van der Waals surface area contributed by atoms with Crippen molar-refractivity contribution in [3.05, 3.63) is 170 Å². The molecule has 0 aliphatic carbocycles. The standard InChI is InChI=1S/C45H28N4S/c1-3-12-29(13-4-1)30-22-24-32(25-23-30)44-46-43(31-14-5-2-6-15-31)47-45(48-44)38-19-11-18-37-36-27-26-33(28-41(36)50-42(37)38)49-39-20-9-7-16-34(39)35-17-8-10-21-40(35)49/h1-28H. The van der Waals surface area contributed by atoms with Gasteiger partial charge in [0.1, 0.15) is 0 Å². The summed E-state index contributed by atoms with van der Waals surface area (Å²) in [5.41, 5.74) is 8.80. The van der Waals surface area contributed by atoms with E-state index in [1.165, 1.54) is 42.8 Å². The van der Waals surface area contributed by atoms with E-state index < -0.39 is 0 Å². The molecule has 4 nitrogen and oxygen atoms in total. The van der Waals surface area contributed by atoms with Crippen LogP contribution in [0.2, 0.25) is 0 Å². The SMILES string of the molecule is c1ccc(-c2ccc(-c3nc(-c4ccccc4)nc(-c4cccc5c4sc4cc(-n6c7ccccc7c7ccccc76)ccc45)n3)cc2)cc1. The first-order valence-corrected chi connectivity index (χ1v) is 17.5. The number of aromatic nitrogens is 4. The fourth-order valence-corrected chi connectivity index (χ4v) is 8.33. The Bertz CT molecular complexity index is 2800. The van der Waals surface area contributed by atoms with E-state index in [1.54, 1.807) is 11.3 Å². The van der Waals surface area contributed by atoms with Crippen LogP contribution in [-0.4, -0.2) is 19.5 Å². The second-order valence-electron chi connectivity index (χ2n) is 12.5. The Morgan fingerprint density at radius 1 is 0.380 bits per heavy atom. The van der Waals surface area contributed by atoms with Crippen molar-refractivity contribution in [1.82, 2.24) is 19.5 Å². The predicted octanol–water partition coefficient (Wildman–Crippen LogP) is 12.0. The van der Waals surface area contributed by atoms with Gasteiger partial charge in [-0.25, -0.2) is 15.0 Å². The Morgan fingerprint density at radius 3 is 1.58 bits per heavy atom. The van der Waals surface area contributed by atoms with Crippen molar-refractivity contribution in [2.45, 2.75) is 0 Å². The van der Waals surface area contributed by atoms with Crippen LogP contribution in [0.1, 0.15) is 0 Å². The average molecular weight is 657 g/mol. The van der Waals surface area contributed by atoms with Crippen LogP contribution in [0.25, 0.3) is 93.0 Å². The summed E-state index contributed by atoms with van der Waals surface area (Å²) in [6.07, 6.45) is 0. The van der Waals surface area contributed by atoms with Gasteiger partial charge < -0.3 is 4.57 Å². The van der Waals surface area contributed by atoms with Crippen LogP contribution < -0.4 is 0 Å². The van der Waals surface area contributed by atoms with Gasteiger partial charge in [0, 0.05) is 53.3 Å². The van der Waals surface area contributed by atoms with Crippen LogP contribution in [0.4, 0.5) is 0 Å². The van der Waals surface area contributed by atoms with E-state index >= 15 is 0 Å². The van der Waals surface area contributed by atoms with Crippen molar-refractivity contribution >= 4 is 53.3 Å². The van der Waals surface area contributed by atoms with Gasteiger partial charge in [0.25, 0.3) is 0 Å². The molecule has 0 aliphatic heterocycles. The lowest BCUT2D eigenvalue weighted by atomic mass is 10.0. The smallest absolute Gasteiger partial charge is 0.165 e. The molecular formula is C45H28N4S. The highest BCUT2D eigenvalue weighted by molar-refractivity contribution is 7.26. The molecule has 0 unspecified atom stereocenters. The Balaban J connectivity index is 1.13. The van der Waals surface area contributed by atoms with Crippen molar-refractivity contribution < 1.29 is 0 Å². The number of nitrogens with zero attached hydrogens (tertiary/aromatic N) is 4. The van der Waals surface area contributed by atoms with Crippen molar-refractivity contribution in [3.8, 4) is 51.0 Å². The molecule has 234 valence electrons. The quantitative estimate of drug-likeness (QED) is 0.185. The second-order valence-corrected chi connectivity index (χ2v) is 13.5. The first-order valence-electron chi connectivity index (χ1n) is 16.7. The highest BCUT2D eigenvalue weighted by Gasteiger charge is 2.18. The van der Waals surface area contributed by atoms with Crippen molar-refractivity contribution in [2.75, 3.05) is 0 Å². The minimum atomic E-state index is 0.653. The van der Waals surface area contributed by atoms with E-state index in [0.717, 1.165) is 32.6 Å². The van der Waals surface area contributed by atoms with E-state index in [0.29, 0.717) is 17.5 Å². The van der Waals surface area contributed by atoms with Crippen LogP contribution in [0.5, 0.6) is 0 Å². The summed E-state index contributed by atoms with van der Waals surface area (Å²) < 4.78 is 4.77. The minimum Gasteiger partial charge on any atom is -0.309 e. The van der Waals surface area contributed by atoms with E-state index in [9.17, 15) is 0 Å². The molecule has 0 aliphatic rings. The number of thiophene rings is 1. The summed E-state index contributed by atoms with van der Waals surface area (Å²) in [5.74, 6) is 1.98. The van der Waals surface area contributed by atoms with Gasteiger partial charge in [-0.15, -0.1) is 11.3 Å². The van der Waals surface area contributed by atoms with Gasteiger partial charge in [0.15, 0.2) is 17.5 Å². The molecule has 0 spiro atoms. The average Bonchev–Trinajstić information content (AvgIpc) is 3.74. The first kappa shape index (κ1) is 28.6. The molecule has 3 heterocycles. The summed E-state index contributed by atoms with van der Waals surface area (Å²) in [4.78, 5) is 15.2.